The first-order valence-electron chi connectivity index (χ1n) is 8.64. The summed E-state index contributed by atoms with van der Waals surface area (Å²) in [6.45, 7) is 4.83. The van der Waals surface area contributed by atoms with Crippen LogP contribution >= 0.6 is 23.1 Å². The summed E-state index contributed by atoms with van der Waals surface area (Å²) in [6.07, 6.45) is 1.68. The average Bonchev–Trinajstić information content (AvgIpc) is 3.11. The molecule has 0 saturated heterocycles. The molecule has 3 aromatic rings. The Morgan fingerprint density at radius 3 is 2.78 bits per heavy atom. The van der Waals surface area contributed by atoms with Crippen LogP contribution in [0.25, 0.3) is 0 Å². The van der Waals surface area contributed by atoms with Crippen molar-refractivity contribution < 1.29 is 9.53 Å². The summed E-state index contributed by atoms with van der Waals surface area (Å²) < 4.78 is 5.49. The normalized spacial score (nSPS) is 10.6. The first kappa shape index (κ1) is 19.4. The number of nitrogens with zero attached hydrogens (tertiary/aromatic N) is 2. The summed E-state index contributed by atoms with van der Waals surface area (Å²) in [6, 6.07) is 11.4. The van der Waals surface area contributed by atoms with Crippen molar-refractivity contribution in [2.24, 2.45) is 0 Å². The van der Waals surface area contributed by atoms with Gasteiger partial charge in [-0.2, -0.15) is 0 Å². The Bertz CT molecular complexity index is 894. The van der Waals surface area contributed by atoms with Gasteiger partial charge in [0.15, 0.2) is 0 Å². The number of rotatable bonds is 8. The van der Waals surface area contributed by atoms with Crippen LogP contribution in [-0.2, 0) is 12.3 Å². The van der Waals surface area contributed by atoms with Crippen molar-refractivity contribution in [3.05, 3.63) is 69.8 Å². The number of nitrogens with one attached hydrogen (secondary N) is 1. The highest BCUT2D eigenvalue weighted by molar-refractivity contribution is 7.98. The standard InChI is InChI=1S/C20H21N3O2S2/c1-3-25-20-16(5-4-10-21-20)11-22-19(24)15-6-8-18(9-7-15)27-13-17-12-26-14(2)23-17/h4-10,12H,3,11,13H2,1-2H3,(H,22,24). The molecule has 0 atom stereocenters. The Kier molecular flexibility index (Phi) is 6.84. The number of ether oxygens (including phenoxy) is 1. The maximum atomic E-state index is 12.4. The van der Waals surface area contributed by atoms with Crippen LogP contribution in [0.15, 0.2) is 52.9 Å². The third kappa shape index (κ3) is 5.55. The third-order valence-electron chi connectivity index (χ3n) is 3.74. The van der Waals surface area contributed by atoms with Crippen molar-refractivity contribution in [1.29, 1.82) is 0 Å². The predicted molar refractivity (Wildman–Crippen MR) is 109 cm³/mol. The number of hydrogen-bond acceptors (Lipinski definition) is 6. The highest BCUT2D eigenvalue weighted by Gasteiger charge is 2.09. The van der Waals surface area contributed by atoms with Gasteiger partial charge in [0.1, 0.15) is 0 Å². The molecule has 7 heteroatoms. The zero-order valence-electron chi connectivity index (χ0n) is 15.3. The van der Waals surface area contributed by atoms with Gasteiger partial charge in [-0.25, -0.2) is 9.97 Å². The monoisotopic (exact) mass is 399 g/mol. The topological polar surface area (TPSA) is 64.1 Å². The molecule has 0 fully saturated rings. The second kappa shape index (κ2) is 9.53. The lowest BCUT2D eigenvalue weighted by Gasteiger charge is -2.10. The fraction of sp³-hybridized carbons (Fsp3) is 0.250. The van der Waals surface area contributed by atoms with E-state index in [1.807, 2.05) is 50.2 Å². The number of amides is 1. The molecule has 2 heterocycles. The highest BCUT2D eigenvalue weighted by atomic mass is 32.2. The maximum Gasteiger partial charge on any atom is 0.251 e. The number of carbonyl (C=O) groups excluding carboxylic acids is 1. The summed E-state index contributed by atoms with van der Waals surface area (Å²) >= 11 is 3.38. The van der Waals surface area contributed by atoms with Crippen molar-refractivity contribution in [3.8, 4) is 5.88 Å². The van der Waals surface area contributed by atoms with Crippen LogP contribution in [0.2, 0.25) is 0 Å². The lowest BCUT2D eigenvalue weighted by molar-refractivity contribution is 0.0950. The summed E-state index contributed by atoms with van der Waals surface area (Å²) in [4.78, 5) is 22.2. The molecule has 0 radical (unpaired) electrons. The molecular formula is C20H21N3O2S2. The van der Waals surface area contributed by atoms with E-state index in [0.717, 1.165) is 26.9 Å². The minimum Gasteiger partial charge on any atom is -0.478 e. The predicted octanol–water partition coefficient (Wildman–Crippen LogP) is 4.47. The zero-order chi connectivity index (χ0) is 19.1. The average molecular weight is 400 g/mol. The molecule has 0 saturated carbocycles. The molecule has 2 aromatic heterocycles. The van der Waals surface area contributed by atoms with Gasteiger partial charge in [0, 0.05) is 39.9 Å². The summed E-state index contributed by atoms with van der Waals surface area (Å²) in [5, 5.41) is 6.08. The van der Waals surface area contributed by atoms with E-state index in [-0.39, 0.29) is 5.91 Å². The molecule has 0 bridgehead atoms. The summed E-state index contributed by atoms with van der Waals surface area (Å²) in [7, 11) is 0. The number of aryl methyl sites for hydroxylation is 1. The van der Waals surface area contributed by atoms with Gasteiger partial charge in [0.05, 0.1) is 17.3 Å². The van der Waals surface area contributed by atoms with Crippen LogP contribution in [-0.4, -0.2) is 22.5 Å². The fourth-order valence-corrected chi connectivity index (χ4v) is 3.95. The summed E-state index contributed by atoms with van der Waals surface area (Å²) in [5.41, 5.74) is 2.58. The largest absolute Gasteiger partial charge is 0.478 e. The van der Waals surface area contributed by atoms with Gasteiger partial charge < -0.3 is 10.1 Å². The number of carbonyl (C=O) groups is 1. The first-order chi connectivity index (χ1) is 13.2. The SMILES string of the molecule is CCOc1ncccc1CNC(=O)c1ccc(SCc2csc(C)n2)cc1. The number of thiazole rings is 1. The Hall–Kier alpha value is -2.38. The van der Waals surface area contributed by atoms with Crippen molar-refractivity contribution in [3.63, 3.8) is 0 Å². The van der Waals surface area contributed by atoms with E-state index in [9.17, 15) is 4.79 Å². The van der Waals surface area contributed by atoms with Crippen LogP contribution in [0.3, 0.4) is 0 Å². The number of pyridine rings is 1. The molecule has 0 aliphatic rings. The molecule has 1 amide bonds. The third-order valence-corrected chi connectivity index (χ3v) is 5.61. The van der Waals surface area contributed by atoms with Crippen LogP contribution in [0.5, 0.6) is 5.88 Å². The molecular weight excluding hydrogens is 378 g/mol. The molecule has 5 nitrogen and oxygen atoms in total. The van der Waals surface area contributed by atoms with E-state index in [2.05, 4.69) is 20.7 Å². The van der Waals surface area contributed by atoms with Gasteiger partial charge >= 0.3 is 0 Å². The van der Waals surface area contributed by atoms with E-state index < -0.39 is 0 Å². The van der Waals surface area contributed by atoms with E-state index >= 15 is 0 Å². The molecule has 1 N–H and O–H groups in total. The Morgan fingerprint density at radius 2 is 2.07 bits per heavy atom. The molecule has 140 valence electrons. The van der Waals surface area contributed by atoms with Crippen molar-refractivity contribution >= 4 is 29.0 Å². The van der Waals surface area contributed by atoms with Crippen molar-refractivity contribution in [1.82, 2.24) is 15.3 Å². The van der Waals surface area contributed by atoms with Crippen LogP contribution in [0, 0.1) is 6.92 Å². The van der Waals surface area contributed by atoms with Crippen LogP contribution in [0.4, 0.5) is 0 Å². The number of thioether (sulfide) groups is 1. The van der Waals surface area contributed by atoms with Gasteiger partial charge in [-0.05, 0) is 44.2 Å². The summed E-state index contributed by atoms with van der Waals surface area (Å²) in [5.74, 6) is 1.27. The Balaban J connectivity index is 1.54. The van der Waals surface area contributed by atoms with Gasteiger partial charge in [-0.1, -0.05) is 6.07 Å². The smallest absolute Gasteiger partial charge is 0.251 e. The number of benzene rings is 1. The minimum atomic E-state index is -0.118. The molecule has 3 rings (SSSR count). The number of aromatic nitrogens is 2. The quantitative estimate of drug-likeness (QED) is 0.566. The van der Waals surface area contributed by atoms with E-state index in [4.69, 9.17) is 4.74 Å². The first-order valence-corrected chi connectivity index (χ1v) is 10.5. The number of hydrogen-bond donors (Lipinski definition) is 1. The maximum absolute atomic E-state index is 12.4. The molecule has 1 aromatic carbocycles. The van der Waals surface area contributed by atoms with Gasteiger partial charge in [0.2, 0.25) is 5.88 Å². The fourth-order valence-electron chi connectivity index (χ4n) is 2.44. The molecule has 0 unspecified atom stereocenters. The van der Waals surface area contributed by atoms with Gasteiger partial charge in [-0.15, -0.1) is 23.1 Å². The Labute approximate surface area is 167 Å². The minimum absolute atomic E-state index is 0.118. The van der Waals surface area contributed by atoms with Crippen molar-refractivity contribution in [2.75, 3.05) is 6.61 Å². The van der Waals surface area contributed by atoms with E-state index in [1.165, 1.54) is 0 Å². The van der Waals surface area contributed by atoms with Gasteiger partial charge in [-0.3, -0.25) is 4.79 Å². The molecule has 0 aliphatic heterocycles. The van der Waals surface area contributed by atoms with Crippen LogP contribution in [0.1, 0.15) is 33.5 Å². The second-order valence-electron chi connectivity index (χ2n) is 5.75. The lowest BCUT2D eigenvalue weighted by atomic mass is 10.2. The van der Waals surface area contributed by atoms with E-state index in [1.54, 1.807) is 29.3 Å². The Morgan fingerprint density at radius 1 is 1.26 bits per heavy atom. The lowest BCUT2D eigenvalue weighted by Crippen LogP contribution is -2.23. The van der Waals surface area contributed by atoms with Gasteiger partial charge in [0.25, 0.3) is 5.91 Å². The second-order valence-corrected chi connectivity index (χ2v) is 7.87. The molecule has 0 aliphatic carbocycles. The zero-order valence-corrected chi connectivity index (χ0v) is 16.9. The highest BCUT2D eigenvalue weighted by Crippen LogP contribution is 2.24. The molecule has 0 spiro atoms. The van der Waals surface area contributed by atoms with E-state index in [0.29, 0.717) is 24.6 Å². The molecule has 27 heavy (non-hydrogen) atoms. The van der Waals surface area contributed by atoms with Crippen molar-refractivity contribution in [2.45, 2.75) is 31.0 Å². The van der Waals surface area contributed by atoms with Crippen LogP contribution < -0.4 is 10.1 Å².